The van der Waals surface area contributed by atoms with Crippen molar-refractivity contribution in [1.29, 1.82) is 0 Å². The zero-order valence-electron chi connectivity index (χ0n) is 11.8. The van der Waals surface area contributed by atoms with E-state index in [4.69, 9.17) is 9.84 Å². The van der Waals surface area contributed by atoms with Gasteiger partial charge in [-0.2, -0.15) is 5.10 Å². The van der Waals surface area contributed by atoms with E-state index in [1.54, 1.807) is 0 Å². The molecule has 2 rings (SSSR count). The van der Waals surface area contributed by atoms with Crippen molar-refractivity contribution >= 4 is 17.2 Å². The number of hydrogen-bond donors (Lipinski definition) is 2. The van der Waals surface area contributed by atoms with Crippen LogP contribution in [0.5, 0.6) is 0 Å². The number of nitrogens with zero attached hydrogens (tertiary/aromatic N) is 1. The minimum absolute atomic E-state index is 0.0191. The standard InChI is InChI=1S/C15H20N2O3/c1-15(2)9-14(19)13(10-20-15)17-16-12-5-3-11(4-6-12)7-8-18/h3-6,16,18H,7-10H2,1-2H3. The van der Waals surface area contributed by atoms with Gasteiger partial charge in [0.2, 0.25) is 0 Å². The predicted molar refractivity (Wildman–Crippen MR) is 77.9 cm³/mol. The Balaban J connectivity index is 1.97. The van der Waals surface area contributed by atoms with Gasteiger partial charge in [-0.05, 0) is 38.0 Å². The third-order valence-corrected chi connectivity index (χ3v) is 3.18. The van der Waals surface area contributed by atoms with E-state index in [0.717, 1.165) is 11.3 Å². The van der Waals surface area contributed by atoms with Crippen LogP contribution in [-0.2, 0) is 16.0 Å². The van der Waals surface area contributed by atoms with Crippen molar-refractivity contribution in [3.63, 3.8) is 0 Å². The highest BCUT2D eigenvalue weighted by Gasteiger charge is 2.31. The summed E-state index contributed by atoms with van der Waals surface area (Å²) in [4.78, 5) is 11.9. The van der Waals surface area contributed by atoms with Crippen LogP contribution in [0.1, 0.15) is 25.8 Å². The summed E-state index contributed by atoms with van der Waals surface area (Å²) in [6.07, 6.45) is 0.985. The lowest BCUT2D eigenvalue weighted by Crippen LogP contribution is -2.40. The second kappa shape index (κ2) is 6.15. The number of Topliss-reactive ketones (excluding diaryl/α,β-unsaturated/α-hetero) is 1. The van der Waals surface area contributed by atoms with E-state index < -0.39 is 5.60 Å². The second-order valence-corrected chi connectivity index (χ2v) is 5.49. The van der Waals surface area contributed by atoms with E-state index in [2.05, 4.69) is 10.5 Å². The number of carbonyl (C=O) groups excluding carboxylic acids is 1. The first-order valence-corrected chi connectivity index (χ1v) is 6.70. The average Bonchev–Trinajstić information content (AvgIpc) is 2.39. The Kier molecular flexibility index (Phi) is 4.52. The first-order valence-electron chi connectivity index (χ1n) is 6.70. The molecule has 108 valence electrons. The molecule has 1 heterocycles. The molecule has 1 fully saturated rings. The van der Waals surface area contributed by atoms with Crippen LogP contribution in [0.4, 0.5) is 5.69 Å². The fraction of sp³-hybridized carbons (Fsp3) is 0.467. The number of carbonyl (C=O) groups is 1. The topological polar surface area (TPSA) is 70.9 Å². The molecule has 1 aromatic carbocycles. The van der Waals surface area contributed by atoms with Crippen molar-refractivity contribution in [2.75, 3.05) is 18.6 Å². The van der Waals surface area contributed by atoms with Gasteiger partial charge in [0.25, 0.3) is 0 Å². The zero-order chi connectivity index (χ0) is 14.6. The molecule has 1 aromatic rings. The summed E-state index contributed by atoms with van der Waals surface area (Å²) in [6, 6.07) is 7.57. The molecule has 0 radical (unpaired) electrons. The molecule has 0 unspecified atom stereocenters. The van der Waals surface area contributed by atoms with E-state index in [1.165, 1.54) is 0 Å². The molecule has 20 heavy (non-hydrogen) atoms. The Hall–Kier alpha value is -1.72. The Morgan fingerprint density at radius 1 is 1.35 bits per heavy atom. The van der Waals surface area contributed by atoms with E-state index >= 15 is 0 Å². The van der Waals surface area contributed by atoms with Gasteiger partial charge in [0.05, 0.1) is 17.9 Å². The number of ketones is 1. The van der Waals surface area contributed by atoms with Crippen LogP contribution in [0.25, 0.3) is 0 Å². The Bertz CT molecular complexity index is 506. The number of benzene rings is 1. The van der Waals surface area contributed by atoms with Crippen molar-refractivity contribution in [2.45, 2.75) is 32.3 Å². The average molecular weight is 276 g/mol. The third-order valence-electron chi connectivity index (χ3n) is 3.18. The molecular weight excluding hydrogens is 256 g/mol. The van der Waals surface area contributed by atoms with Crippen LogP contribution in [-0.4, -0.2) is 35.4 Å². The predicted octanol–water partition coefficient (Wildman–Crippen LogP) is 1.76. The van der Waals surface area contributed by atoms with Crippen molar-refractivity contribution < 1.29 is 14.6 Å². The van der Waals surface area contributed by atoms with Gasteiger partial charge in [-0.15, -0.1) is 0 Å². The molecule has 0 bridgehead atoms. The fourth-order valence-corrected chi connectivity index (χ4v) is 1.99. The Morgan fingerprint density at radius 2 is 2.05 bits per heavy atom. The van der Waals surface area contributed by atoms with Crippen molar-refractivity contribution in [1.82, 2.24) is 0 Å². The van der Waals surface area contributed by atoms with Gasteiger partial charge in [0.1, 0.15) is 5.71 Å². The molecule has 0 atom stereocenters. The molecule has 1 aliphatic rings. The maximum atomic E-state index is 11.9. The van der Waals surface area contributed by atoms with Crippen LogP contribution in [0.3, 0.4) is 0 Å². The fourth-order valence-electron chi connectivity index (χ4n) is 1.99. The maximum absolute atomic E-state index is 11.9. The molecule has 0 amide bonds. The molecule has 1 saturated heterocycles. The number of rotatable bonds is 4. The highest BCUT2D eigenvalue weighted by atomic mass is 16.5. The molecular formula is C15H20N2O3. The summed E-state index contributed by atoms with van der Waals surface area (Å²) in [6.45, 7) is 4.17. The molecule has 1 aliphatic heterocycles. The third kappa shape index (κ3) is 3.88. The molecule has 2 N–H and O–H groups in total. The van der Waals surface area contributed by atoms with Gasteiger partial charge in [-0.25, -0.2) is 0 Å². The SMILES string of the molecule is CC1(C)CC(=O)C(=NNc2ccc(CCO)cc2)CO1. The molecule has 0 saturated carbocycles. The lowest BCUT2D eigenvalue weighted by molar-refractivity contribution is -0.122. The number of ether oxygens (including phenoxy) is 1. The lowest BCUT2D eigenvalue weighted by atomic mass is 9.96. The minimum atomic E-state index is -0.401. The minimum Gasteiger partial charge on any atom is -0.396 e. The lowest BCUT2D eigenvalue weighted by Gasteiger charge is -2.29. The van der Waals surface area contributed by atoms with Crippen molar-refractivity contribution in [2.24, 2.45) is 5.10 Å². The number of anilines is 1. The van der Waals surface area contributed by atoms with Gasteiger partial charge < -0.3 is 9.84 Å². The Labute approximate surface area is 118 Å². The smallest absolute Gasteiger partial charge is 0.184 e. The van der Waals surface area contributed by atoms with Gasteiger partial charge in [0.15, 0.2) is 5.78 Å². The van der Waals surface area contributed by atoms with Crippen LogP contribution < -0.4 is 5.43 Å². The highest BCUT2D eigenvalue weighted by Crippen LogP contribution is 2.20. The van der Waals surface area contributed by atoms with Crippen molar-refractivity contribution in [3.05, 3.63) is 29.8 Å². The highest BCUT2D eigenvalue weighted by molar-refractivity contribution is 6.41. The number of hydrazone groups is 1. The van der Waals surface area contributed by atoms with Crippen LogP contribution in [0.2, 0.25) is 0 Å². The van der Waals surface area contributed by atoms with E-state index in [1.807, 2.05) is 38.1 Å². The number of nitrogens with one attached hydrogen (secondary N) is 1. The van der Waals surface area contributed by atoms with Gasteiger partial charge in [-0.1, -0.05) is 12.1 Å². The largest absolute Gasteiger partial charge is 0.396 e. The summed E-state index contributed by atoms with van der Waals surface area (Å²) in [5.41, 5.74) is 4.75. The number of aliphatic hydroxyl groups excluding tert-OH is 1. The summed E-state index contributed by atoms with van der Waals surface area (Å²) in [5, 5.41) is 13.0. The van der Waals surface area contributed by atoms with E-state index in [-0.39, 0.29) is 19.0 Å². The first kappa shape index (κ1) is 14.7. The molecule has 5 heteroatoms. The van der Waals surface area contributed by atoms with Gasteiger partial charge >= 0.3 is 0 Å². The quantitative estimate of drug-likeness (QED) is 0.822. The van der Waals surface area contributed by atoms with E-state index in [0.29, 0.717) is 18.6 Å². The van der Waals surface area contributed by atoms with Gasteiger partial charge in [-0.3, -0.25) is 10.2 Å². The normalized spacial score (nSPS) is 20.1. The summed E-state index contributed by atoms with van der Waals surface area (Å²) < 4.78 is 5.57. The van der Waals surface area contributed by atoms with Crippen LogP contribution in [0.15, 0.2) is 29.4 Å². The monoisotopic (exact) mass is 276 g/mol. The van der Waals surface area contributed by atoms with Gasteiger partial charge in [0, 0.05) is 13.0 Å². The summed E-state index contributed by atoms with van der Waals surface area (Å²) in [5.74, 6) is 0.0191. The Morgan fingerprint density at radius 3 is 2.65 bits per heavy atom. The molecule has 0 spiro atoms. The maximum Gasteiger partial charge on any atom is 0.184 e. The zero-order valence-corrected chi connectivity index (χ0v) is 11.8. The molecule has 5 nitrogen and oxygen atoms in total. The molecule has 0 aliphatic carbocycles. The second-order valence-electron chi connectivity index (χ2n) is 5.49. The summed E-state index contributed by atoms with van der Waals surface area (Å²) >= 11 is 0. The van der Waals surface area contributed by atoms with Crippen molar-refractivity contribution in [3.8, 4) is 0 Å². The first-order chi connectivity index (χ1) is 9.50. The van der Waals surface area contributed by atoms with E-state index in [9.17, 15) is 4.79 Å². The van der Waals surface area contributed by atoms with Crippen LogP contribution >= 0.6 is 0 Å². The van der Waals surface area contributed by atoms with Crippen LogP contribution in [0, 0.1) is 0 Å². The molecule has 0 aromatic heterocycles. The summed E-state index contributed by atoms with van der Waals surface area (Å²) in [7, 11) is 0. The number of aliphatic hydroxyl groups is 1. The number of hydrogen-bond acceptors (Lipinski definition) is 5.